The van der Waals surface area contributed by atoms with Crippen LogP contribution in [0.15, 0.2) is 34.9 Å². The molecule has 3 aliphatic rings. The van der Waals surface area contributed by atoms with Gasteiger partial charge in [-0.15, -0.1) is 0 Å². The van der Waals surface area contributed by atoms with Crippen molar-refractivity contribution in [2.45, 2.75) is 25.4 Å². The lowest BCUT2D eigenvalue weighted by molar-refractivity contribution is 0.0827. The molecule has 26 heavy (non-hydrogen) atoms. The van der Waals surface area contributed by atoms with Crippen LogP contribution in [0.4, 0.5) is 0 Å². The molecule has 4 heterocycles. The summed E-state index contributed by atoms with van der Waals surface area (Å²) in [5.41, 5.74) is 1.41. The first-order chi connectivity index (χ1) is 12.7. The number of likely N-dealkylation sites (tertiary alicyclic amines) is 1. The fourth-order valence-electron chi connectivity index (χ4n) is 5.06. The number of nitrogens with zero attached hydrogens (tertiary/aromatic N) is 2. The van der Waals surface area contributed by atoms with Crippen LogP contribution in [0.2, 0.25) is 5.02 Å². The number of hydrogen-bond donors (Lipinski definition) is 1. The first kappa shape index (κ1) is 16.8. The van der Waals surface area contributed by atoms with E-state index in [1.54, 1.807) is 0 Å². The highest BCUT2D eigenvalue weighted by Crippen LogP contribution is 2.49. The van der Waals surface area contributed by atoms with Crippen LogP contribution in [-0.4, -0.2) is 48.8 Å². The van der Waals surface area contributed by atoms with Crippen molar-refractivity contribution in [2.75, 3.05) is 32.8 Å². The standard InChI is InChI=1S/C20H24ClN3O2/c21-15-3-1-14(2-4-15)18-9-23-19(26-18)10-24-13-20(5-7-22-8-6-20)16-11-25-12-17(16)24/h1-4,9,16-17,22H,5-8,10-13H2/t16-,17+/m0/s1. The van der Waals surface area contributed by atoms with E-state index in [4.69, 9.17) is 20.8 Å². The SMILES string of the molecule is Clc1ccc(-c2cnc(CN3CC4(CCNCC4)[C@H]4COC[C@H]43)o2)cc1. The van der Waals surface area contributed by atoms with Crippen molar-refractivity contribution < 1.29 is 9.15 Å². The summed E-state index contributed by atoms with van der Waals surface area (Å²) in [6.07, 6.45) is 4.31. The van der Waals surface area contributed by atoms with Crippen LogP contribution < -0.4 is 5.32 Å². The van der Waals surface area contributed by atoms with Crippen LogP contribution in [0.3, 0.4) is 0 Å². The monoisotopic (exact) mass is 373 g/mol. The summed E-state index contributed by atoms with van der Waals surface area (Å²) in [5.74, 6) is 2.23. The van der Waals surface area contributed by atoms with E-state index in [9.17, 15) is 0 Å². The molecule has 0 aliphatic carbocycles. The third kappa shape index (κ3) is 2.87. The Morgan fingerprint density at radius 3 is 2.81 bits per heavy atom. The maximum Gasteiger partial charge on any atom is 0.209 e. The lowest BCUT2D eigenvalue weighted by Gasteiger charge is -2.37. The Kier molecular flexibility index (Phi) is 4.28. The number of rotatable bonds is 3. The van der Waals surface area contributed by atoms with Gasteiger partial charge in [0.05, 0.1) is 26.0 Å². The molecule has 1 N–H and O–H groups in total. The van der Waals surface area contributed by atoms with Crippen molar-refractivity contribution in [1.29, 1.82) is 0 Å². The Morgan fingerprint density at radius 2 is 2.00 bits per heavy atom. The Bertz CT molecular complexity index is 770. The van der Waals surface area contributed by atoms with Gasteiger partial charge in [-0.25, -0.2) is 4.98 Å². The number of hydrogen-bond acceptors (Lipinski definition) is 5. The van der Waals surface area contributed by atoms with E-state index in [2.05, 4.69) is 15.2 Å². The first-order valence-corrected chi connectivity index (χ1v) is 9.84. The second-order valence-electron chi connectivity index (χ2n) is 7.85. The van der Waals surface area contributed by atoms with E-state index < -0.39 is 0 Å². The fourth-order valence-corrected chi connectivity index (χ4v) is 5.18. The quantitative estimate of drug-likeness (QED) is 0.895. The molecular weight excluding hydrogens is 350 g/mol. The van der Waals surface area contributed by atoms with Gasteiger partial charge in [0, 0.05) is 29.1 Å². The van der Waals surface area contributed by atoms with Crippen LogP contribution in [-0.2, 0) is 11.3 Å². The maximum absolute atomic E-state index is 6.05. The molecule has 1 aromatic carbocycles. The number of oxazole rings is 1. The highest BCUT2D eigenvalue weighted by atomic mass is 35.5. The Morgan fingerprint density at radius 1 is 1.19 bits per heavy atom. The molecule has 138 valence electrons. The number of aromatic nitrogens is 1. The molecule has 0 radical (unpaired) electrons. The lowest BCUT2D eigenvalue weighted by atomic mass is 9.70. The summed E-state index contributed by atoms with van der Waals surface area (Å²) < 4.78 is 11.9. The minimum absolute atomic E-state index is 0.401. The predicted octanol–water partition coefficient (Wildman–Crippen LogP) is 3.20. The molecule has 3 fully saturated rings. The van der Waals surface area contributed by atoms with E-state index in [0.717, 1.165) is 61.6 Å². The zero-order valence-corrected chi connectivity index (χ0v) is 15.5. The van der Waals surface area contributed by atoms with Crippen molar-refractivity contribution in [3.05, 3.63) is 41.4 Å². The molecule has 6 heteroatoms. The predicted molar refractivity (Wildman–Crippen MR) is 100.0 cm³/mol. The van der Waals surface area contributed by atoms with E-state index in [1.165, 1.54) is 12.8 Å². The van der Waals surface area contributed by atoms with Gasteiger partial charge in [0.25, 0.3) is 0 Å². The molecule has 0 unspecified atom stereocenters. The maximum atomic E-state index is 6.05. The molecule has 3 saturated heterocycles. The zero-order valence-electron chi connectivity index (χ0n) is 14.8. The van der Waals surface area contributed by atoms with Gasteiger partial charge in [0.15, 0.2) is 5.76 Å². The van der Waals surface area contributed by atoms with Crippen LogP contribution >= 0.6 is 11.6 Å². The normalized spacial score (nSPS) is 27.9. The molecule has 0 amide bonds. The van der Waals surface area contributed by atoms with Crippen molar-refractivity contribution in [1.82, 2.24) is 15.2 Å². The Balaban J connectivity index is 1.34. The highest BCUT2D eigenvalue weighted by Gasteiger charge is 2.54. The van der Waals surface area contributed by atoms with E-state index in [-0.39, 0.29) is 0 Å². The molecule has 2 atom stereocenters. The van der Waals surface area contributed by atoms with Gasteiger partial charge in [-0.3, -0.25) is 4.90 Å². The summed E-state index contributed by atoms with van der Waals surface area (Å²) >= 11 is 5.97. The minimum atomic E-state index is 0.401. The third-order valence-corrected chi connectivity index (χ3v) is 6.70. The number of piperidine rings is 1. The topological polar surface area (TPSA) is 50.5 Å². The first-order valence-electron chi connectivity index (χ1n) is 9.47. The largest absolute Gasteiger partial charge is 0.439 e. The van der Waals surface area contributed by atoms with Crippen LogP contribution in [0.5, 0.6) is 0 Å². The zero-order chi connectivity index (χ0) is 17.6. The Hall–Kier alpha value is -1.40. The van der Waals surface area contributed by atoms with Crippen molar-refractivity contribution >= 4 is 11.6 Å². The molecule has 1 aromatic heterocycles. The van der Waals surface area contributed by atoms with Gasteiger partial charge in [-0.2, -0.15) is 0 Å². The van der Waals surface area contributed by atoms with Crippen LogP contribution in [0.25, 0.3) is 11.3 Å². The summed E-state index contributed by atoms with van der Waals surface area (Å²) in [6, 6.07) is 8.18. The summed E-state index contributed by atoms with van der Waals surface area (Å²) in [5, 5.41) is 4.23. The number of nitrogens with one attached hydrogen (secondary N) is 1. The average Bonchev–Trinajstić information content (AvgIpc) is 3.37. The third-order valence-electron chi connectivity index (χ3n) is 6.44. The smallest absolute Gasteiger partial charge is 0.209 e. The summed E-state index contributed by atoms with van der Waals surface area (Å²) in [7, 11) is 0. The van der Waals surface area contributed by atoms with Gasteiger partial charge in [-0.1, -0.05) is 11.6 Å². The molecule has 1 spiro atoms. The lowest BCUT2D eigenvalue weighted by Crippen LogP contribution is -2.42. The van der Waals surface area contributed by atoms with Gasteiger partial charge in [0.2, 0.25) is 5.89 Å². The van der Waals surface area contributed by atoms with Crippen molar-refractivity contribution in [3.8, 4) is 11.3 Å². The summed E-state index contributed by atoms with van der Waals surface area (Å²) in [4.78, 5) is 7.07. The molecule has 0 saturated carbocycles. The van der Waals surface area contributed by atoms with Crippen LogP contribution in [0.1, 0.15) is 18.7 Å². The second kappa shape index (κ2) is 6.64. The molecular formula is C20H24ClN3O2. The van der Waals surface area contributed by atoms with E-state index in [1.807, 2.05) is 30.5 Å². The van der Waals surface area contributed by atoms with Gasteiger partial charge < -0.3 is 14.5 Å². The number of halogens is 1. The van der Waals surface area contributed by atoms with Crippen molar-refractivity contribution in [2.24, 2.45) is 11.3 Å². The molecule has 0 bridgehead atoms. The number of benzene rings is 1. The number of ether oxygens (including phenoxy) is 1. The van der Waals surface area contributed by atoms with Crippen LogP contribution in [0, 0.1) is 11.3 Å². The van der Waals surface area contributed by atoms with E-state index >= 15 is 0 Å². The van der Waals surface area contributed by atoms with Crippen molar-refractivity contribution in [3.63, 3.8) is 0 Å². The van der Waals surface area contributed by atoms with Gasteiger partial charge in [-0.05, 0) is 55.6 Å². The average molecular weight is 374 g/mol. The molecule has 5 nitrogen and oxygen atoms in total. The van der Waals surface area contributed by atoms with E-state index in [0.29, 0.717) is 17.4 Å². The fraction of sp³-hybridized carbons (Fsp3) is 0.550. The molecule has 3 aliphatic heterocycles. The molecule has 5 rings (SSSR count). The molecule has 2 aromatic rings. The minimum Gasteiger partial charge on any atom is -0.439 e. The van der Waals surface area contributed by atoms with Gasteiger partial charge in [0.1, 0.15) is 0 Å². The highest BCUT2D eigenvalue weighted by molar-refractivity contribution is 6.30. The Labute approximate surface area is 158 Å². The second-order valence-corrected chi connectivity index (χ2v) is 8.29. The number of fused-ring (bicyclic) bond motifs is 2. The van der Waals surface area contributed by atoms with Gasteiger partial charge >= 0.3 is 0 Å². The summed E-state index contributed by atoms with van der Waals surface area (Å²) in [6.45, 7) is 5.88.